The molecule has 0 radical (unpaired) electrons. The van der Waals surface area contributed by atoms with E-state index in [0.717, 1.165) is 11.1 Å². The van der Waals surface area contributed by atoms with Crippen LogP contribution in [0.15, 0.2) is 36.9 Å². The normalized spacial score (nSPS) is 22.3. The van der Waals surface area contributed by atoms with E-state index in [-0.39, 0.29) is 5.91 Å². The fourth-order valence-electron chi connectivity index (χ4n) is 2.29. The first-order valence-corrected chi connectivity index (χ1v) is 7.73. The van der Waals surface area contributed by atoms with Gasteiger partial charge in [0.15, 0.2) is 0 Å². The van der Waals surface area contributed by atoms with Crippen molar-refractivity contribution in [3.8, 4) is 0 Å². The highest BCUT2D eigenvalue weighted by Crippen LogP contribution is 2.63. The SMILES string of the molecule is CC1(C(=O)NCc2ccc(Cn3cncn3)cc2)CC1(Cl)Cl. The van der Waals surface area contributed by atoms with Crippen LogP contribution in [0.2, 0.25) is 0 Å². The average Bonchev–Trinajstić information content (AvgIpc) is 2.83. The van der Waals surface area contributed by atoms with E-state index in [1.807, 2.05) is 24.3 Å². The number of rotatable bonds is 5. The molecule has 2 aromatic rings. The molecular weight excluding hydrogens is 323 g/mol. The smallest absolute Gasteiger partial charge is 0.229 e. The lowest BCUT2D eigenvalue weighted by Gasteiger charge is -2.12. The molecule has 7 heteroatoms. The second-order valence-electron chi connectivity index (χ2n) is 5.81. The molecular formula is C15H16Cl2N4O. The van der Waals surface area contributed by atoms with E-state index in [1.54, 1.807) is 17.9 Å². The Morgan fingerprint density at radius 2 is 1.95 bits per heavy atom. The van der Waals surface area contributed by atoms with Crippen LogP contribution in [-0.4, -0.2) is 25.0 Å². The number of amides is 1. The zero-order valence-electron chi connectivity index (χ0n) is 12.1. The van der Waals surface area contributed by atoms with E-state index < -0.39 is 9.75 Å². The molecule has 5 nitrogen and oxygen atoms in total. The van der Waals surface area contributed by atoms with Crippen molar-refractivity contribution in [1.29, 1.82) is 0 Å². The van der Waals surface area contributed by atoms with Gasteiger partial charge >= 0.3 is 0 Å². The van der Waals surface area contributed by atoms with Crippen molar-refractivity contribution in [1.82, 2.24) is 20.1 Å². The molecule has 1 N–H and O–H groups in total. The highest BCUT2D eigenvalue weighted by atomic mass is 35.5. The van der Waals surface area contributed by atoms with Gasteiger partial charge in [-0.25, -0.2) is 9.67 Å². The first-order chi connectivity index (χ1) is 10.4. The van der Waals surface area contributed by atoms with Crippen molar-refractivity contribution in [3.63, 3.8) is 0 Å². The van der Waals surface area contributed by atoms with E-state index in [4.69, 9.17) is 23.2 Å². The molecule has 22 heavy (non-hydrogen) atoms. The largest absolute Gasteiger partial charge is 0.351 e. The highest BCUT2D eigenvalue weighted by molar-refractivity contribution is 6.53. The number of hydrogen-bond donors (Lipinski definition) is 1. The molecule has 1 atom stereocenters. The van der Waals surface area contributed by atoms with Gasteiger partial charge in [-0.3, -0.25) is 4.79 Å². The monoisotopic (exact) mass is 338 g/mol. The molecule has 0 saturated heterocycles. The van der Waals surface area contributed by atoms with Crippen molar-refractivity contribution in [3.05, 3.63) is 48.0 Å². The first-order valence-electron chi connectivity index (χ1n) is 6.97. The summed E-state index contributed by atoms with van der Waals surface area (Å²) in [6.45, 7) is 2.91. The molecule has 1 unspecified atom stereocenters. The lowest BCUT2D eigenvalue weighted by molar-refractivity contribution is -0.125. The average molecular weight is 339 g/mol. The topological polar surface area (TPSA) is 59.8 Å². The number of alkyl halides is 2. The van der Waals surface area contributed by atoms with Crippen LogP contribution in [0.25, 0.3) is 0 Å². The number of nitrogens with zero attached hydrogens (tertiary/aromatic N) is 3. The van der Waals surface area contributed by atoms with Gasteiger partial charge in [0, 0.05) is 6.54 Å². The predicted molar refractivity (Wildman–Crippen MR) is 84.6 cm³/mol. The maximum Gasteiger partial charge on any atom is 0.229 e. The Kier molecular flexibility index (Phi) is 3.87. The third-order valence-corrected chi connectivity index (χ3v) is 5.15. The molecule has 1 aromatic heterocycles. The zero-order chi connectivity index (χ0) is 15.8. The third-order valence-electron chi connectivity index (χ3n) is 4.05. The minimum Gasteiger partial charge on any atom is -0.351 e. The van der Waals surface area contributed by atoms with Gasteiger partial charge in [0.2, 0.25) is 5.91 Å². The van der Waals surface area contributed by atoms with E-state index in [2.05, 4.69) is 15.4 Å². The Morgan fingerprint density at radius 3 is 2.50 bits per heavy atom. The van der Waals surface area contributed by atoms with Crippen molar-refractivity contribution in [2.75, 3.05) is 0 Å². The van der Waals surface area contributed by atoms with Gasteiger partial charge in [-0.2, -0.15) is 5.10 Å². The number of hydrogen-bond acceptors (Lipinski definition) is 3. The number of halogens is 2. The Labute approximate surface area is 138 Å². The number of benzene rings is 1. The molecule has 3 rings (SSSR count). The van der Waals surface area contributed by atoms with Crippen LogP contribution < -0.4 is 5.32 Å². The van der Waals surface area contributed by atoms with Crippen molar-refractivity contribution in [2.45, 2.75) is 30.8 Å². The number of carbonyl (C=O) groups excluding carboxylic acids is 1. The Hall–Kier alpha value is -1.59. The molecule has 0 aliphatic heterocycles. The van der Waals surface area contributed by atoms with Crippen LogP contribution in [0.1, 0.15) is 24.5 Å². The van der Waals surface area contributed by atoms with Gasteiger partial charge in [-0.05, 0) is 24.5 Å². The third kappa shape index (κ3) is 2.96. The lowest BCUT2D eigenvalue weighted by Crippen LogP contribution is -2.32. The van der Waals surface area contributed by atoms with Crippen LogP contribution in [0.4, 0.5) is 0 Å². The fraction of sp³-hybridized carbons (Fsp3) is 0.400. The maximum atomic E-state index is 12.1. The van der Waals surface area contributed by atoms with Gasteiger partial charge in [0.25, 0.3) is 0 Å². The molecule has 1 aromatic carbocycles. The second-order valence-corrected chi connectivity index (χ2v) is 7.29. The Balaban J connectivity index is 1.54. The Bertz CT molecular complexity index is 669. The number of carbonyl (C=O) groups is 1. The van der Waals surface area contributed by atoms with Gasteiger partial charge in [0.1, 0.15) is 17.0 Å². The molecule has 1 amide bonds. The first kappa shape index (κ1) is 15.3. The van der Waals surface area contributed by atoms with Crippen LogP contribution in [0.5, 0.6) is 0 Å². The maximum absolute atomic E-state index is 12.1. The molecule has 1 heterocycles. The summed E-state index contributed by atoms with van der Waals surface area (Å²) in [6.07, 6.45) is 3.68. The van der Waals surface area contributed by atoms with Crippen LogP contribution in [0.3, 0.4) is 0 Å². The van der Waals surface area contributed by atoms with Crippen molar-refractivity contribution < 1.29 is 4.79 Å². The van der Waals surface area contributed by atoms with Crippen LogP contribution in [-0.2, 0) is 17.9 Å². The highest BCUT2D eigenvalue weighted by Gasteiger charge is 2.67. The van der Waals surface area contributed by atoms with Gasteiger partial charge < -0.3 is 5.32 Å². The number of nitrogens with one attached hydrogen (secondary N) is 1. The quantitative estimate of drug-likeness (QED) is 0.852. The second kappa shape index (κ2) is 5.56. The van der Waals surface area contributed by atoms with Crippen molar-refractivity contribution in [2.24, 2.45) is 5.41 Å². The van der Waals surface area contributed by atoms with Crippen molar-refractivity contribution >= 4 is 29.1 Å². The summed E-state index contributed by atoms with van der Waals surface area (Å²) in [7, 11) is 0. The summed E-state index contributed by atoms with van der Waals surface area (Å²) in [6, 6.07) is 7.98. The molecule has 1 saturated carbocycles. The summed E-state index contributed by atoms with van der Waals surface area (Å²) < 4.78 is 0.823. The lowest BCUT2D eigenvalue weighted by atomic mass is 10.1. The summed E-state index contributed by atoms with van der Waals surface area (Å²) in [5.74, 6) is -0.107. The molecule has 1 fully saturated rings. The van der Waals surface area contributed by atoms with E-state index in [1.165, 1.54) is 6.33 Å². The van der Waals surface area contributed by atoms with Crippen LogP contribution >= 0.6 is 23.2 Å². The summed E-state index contributed by atoms with van der Waals surface area (Å²) in [4.78, 5) is 16.0. The summed E-state index contributed by atoms with van der Waals surface area (Å²) in [5, 5.41) is 6.95. The fourth-order valence-corrected chi connectivity index (χ4v) is 2.99. The molecule has 116 valence electrons. The number of aromatic nitrogens is 3. The molecule has 1 aliphatic rings. The summed E-state index contributed by atoms with van der Waals surface area (Å²) >= 11 is 12.0. The minimum absolute atomic E-state index is 0.107. The Morgan fingerprint density at radius 1 is 1.32 bits per heavy atom. The summed E-state index contributed by atoms with van der Waals surface area (Å²) in [5.41, 5.74) is 1.47. The van der Waals surface area contributed by atoms with Gasteiger partial charge in [-0.1, -0.05) is 24.3 Å². The van der Waals surface area contributed by atoms with Gasteiger partial charge in [0.05, 0.1) is 12.0 Å². The van der Waals surface area contributed by atoms with Crippen LogP contribution in [0, 0.1) is 5.41 Å². The molecule has 0 bridgehead atoms. The predicted octanol–water partition coefficient (Wildman–Crippen LogP) is 2.53. The van der Waals surface area contributed by atoms with Gasteiger partial charge in [-0.15, -0.1) is 23.2 Å². The molecule has 1 aliphatic carbocycles. The standard InChI is InChI=1S/C15H16Cl2N4O/c1-14(8-15(14,16)17)13(22)19-6-11-2-4-12(5-3-11)7-21-10-18-9-20-21/h2-5,9-10H,6-8H2,1H3,(H,19,22). The van der Waals surface area contributed by atoms with E-state index in [0.29, 0.717) is 19.5 Å². The minimum atomic E-state index is -0.932. The zero-order valence-corrected chi connectivity index (χ0v) is 13.6. The van der Waals surface area contributed by atoms with E-state index >= 15 is 0 Å². The molecule has 0 spiro atoms. The van der Waals surface area contributed by atoms with E-state index in [9.17, 15) is 4.79 Å².